The summed E-state index contributed by atoms with van der Waals surface area (Å²) in [6, 6.07) is 10.3. The van der Waals surface area contributed by atoms with E-state index in [0.29, 0.717) is 17.0 Å². The number of para-hydroxylation sites is 1. The Morgan fingerprint density at radius 2 is 1.80 bits per heavy atom. The zero-order valence-electron chi connectivity index (χ0n) is 12.7. The maximum absolute atomic E-state index is 12.6. The van der Waals surface area contributed by atoms with Gasteiger partial charge >= 0.3 is 0 Å². The van der Waals surface area contributed by atoms with Gasteiger partial charge in [-0.15, -0.1) is 0 Å². The topological polar surface area (TPSA) is 96.7 Å². The Bertz CT molecular complexity index is 1120. The number of rotatable bonds is 2. The predicted molar refractivity (Wildman–Crippen MR) is 100 cm³/mol. The van der Waals surface area contributed by atoms with Gasteiger partial charge in [-0.2, -0.15) is 5.10 Å². The highest BCUT2D eigenvalue weighted by atomic mass is 35.5. The van der Waals surface area contributed by atoms with Crippen molar-refractivity contribution in [3.05, 3.63) is 58.2 Å². The van der Waals surface area contributed by atoms with Crippen LogP contribution in [0.25, 0.3) is 21.8 Å². The van der Waals surface area contributed by atoms with E-state index >= 15 is 0 Å². The van der Waals surface area contributed by atoms with Gasteiger partial charge in [0.05, 0.1) is 37.7 Å². The largest absolute Gasteiger partial charge is 0.382 e. The van der Waals surface area contributed by atoms with Crippen LogP contribution in [0.15, 0.2) is 42.6 Å². The van der Waals surface area contributed by atoms with Crippen LogP contribution in [0.3, 0.4) is 0 Å². The Balaban J connectivity index is 1.82. The first-order chi connectivity index (χ1) is 12.1. The van der Waals surface area contributed by atoms with Gasteiger partial charge in [0, 0.05) is 11.6 Å². The fraction of sp³-hybridized carbons (Fsp3) is 0. The van der Waals surface area contributed by atoms with Crippen molar-refractivity contribution in [3.8, 4) is 0 Å². The number of nitrogens with zero attached hydrogens (tertiary/aromatic N) is 2. The van der Waals surface area contributed by atoms with Crippen LogP contribution in [0, 0.1) is 0 Å². The number of carbonyl (C=O) groups excluding carboxylic acids is 1. The van der Waals surface area contributed by atoms with Crippen molar-refractivity contribution >= 4 is 62.4 Å². The lowest BCUT2D eigenvalue weighted by atomic mass is 10.1. The van der Waals surface area contributed by atoms with Gasteiger partial charge in [0.1, 0.15) is 0 Å². The first-order valence-corrected chi connectivity index (χ1v) is 8.08. The highest BCUT2D eigenvalue weighted by Crippen LogP contribution is 2.30. The summed E-state index contributed by atoms with van der Waals surface area (Å²) in [5.41, 5.74) is 7.93. The average Bonchev–Trinajstić information content (AvgIpc) is 2.97. The van der Waals surface area contributed by atoms with E-state index in [1.54, 1.807) is 30.5 Å². The molecule has 0 atom stereocenters. The number of aromatic nitrogens is 3. The van der Waals surface area contributed by atoms with Crippen molar-refractivity contribution < 1.29 is 4.79 Å². The van der Waals surface area contributed by atoms with Crippen LogP contribution >= 0.6 is 23.2 Å². The molecule has 1 amide bonds. The number of anilines is 2. The Labute approximate surface area is 151 Å². The second kappa shape index (κ2) is 5.91. The minimum Gasteiger partial charge on any atom is -0.382 e. The number of pyridine rings is 1. The monoisotopic (exact) mass is 371 g/mol. The van der Waals surface area contributed by atoms with Gasteiger partial charge in [0.2, 0.25) is 0 Å². The smallest absolute Gasteiger partial charge is 0.258 e. The molecular weight excluding hydrogens is 361 g/mol. The van der Waals surface area contributed by atoms with Gasteiger partial charge in [-0.05, 0) is 18.2 Å². The van der Waals surface area contributed by atoms with Gasteiger partial charge in [-0.1, -0.05) is 41.4 Å². The van der Waals surface area contributed by atoms with Crippen molar-refractivity contribution in [2.75, 3.05) is 11.1 Å². The van der Waals surface area contributed by atoms with E-state index in [4.69, 9.17) is 28.9 Å². The fourth-order valence-corrected chi connectivity index (χ4v) is 3.28. The number of hydrogen-bond donors (Lipinski definition) is 3. The van der Waals surface area contributed by atoms with Crippen molar-refractivity contribution in [1.29, 1.82) is 0 Å². The number of amides is 1. The number of nitrogens with two attached hydrogens (primary N) is 1. The summed E-state index contributed by atoms with van der Waals surface area (Å²) in [6.45, 7) is 0. The number of fused-ring (bicyclic) bond motifs is 3. The summed E-state index contributed by atoms with van der Waals surface area (Å²) in [4.78, 5) is 17.0. The average molecular weight is 372 g/mol. The molecule has 2 heterocycles. The zero-order valence-corrected chi connectivity index (χ0v) is 14.2. The van der Waals surface area contributed by atoms with Crippen LogP contribution in [-0.2, 0) is 0 Å². The molecule has 0 saturated carbocycles. The second-order valence-corrected chi connectivity index (χ2v) is 6.22. The van der Waals surface area contributed by atoms with Crippen LogP contribution in [-0.4, -0.2) is 21.1 Å². The predicted octanol–water partition coefficient (Wildman–Crippen LogP) is 4.25. The number of benzene rings is 2. The van der Waals surface area contributed by atoms with E-state index in [1.807, 2.05) is 12.1 Å². The van der Waals surface area contributed by atoms with E-state index < -0.39 is 5.91 Å². The summed E-state index contributed by atoms with van der Waals surface area (Å²) in [7, 11) is 0. The Hall–Kier alpha value is -2.83. The molecule has 8 heteroatoms. The lowest BCUT2D eigenvalue weighted by Gasteiger charge is -2.10. The molecule has 0 aliphatic rings. The quantitative estimate of drug-likeness (QED) is 0.490. The van der Waals surface area contributed by atoms with E-state index in [0.717, 1.165) is 16.3 Å². The molecule has 0 bridgehead atoms. The number of H-pyrrole nitrogens is 1. The van der Waals surface area contributed by atoms with Crippen LogP contribution < -0.4 is 11.1 Å². The number of halogens is 2. The maximum atomic E-state index is 12.6. The van der Waals surface area contributed by atoms with Gasteiger partial charge in [0.25, 0.3) is 5.91 Å². The maximum Gasteiger partial charge on any atom is 0.258 e. The molecule has 0 aliphatic carbocycles. The molecule has 0 radical (unpaired) electrons. The molecule has 4 aromatic rings. The highest BCUT2D eigenvalue weighted by molar-refractivity contribution is 6.40. The third-order valence-electron chi connectivity index (χ3n) is 3.90. The molecule has 4 N–H and O–H groups in total. The molecule has 0 unspecified atom stereocenters. The molecule has 0 spiro atoms. The van der Waals surface area contributed by atoms with Crippen LogP contribution in [0.2, 0.25) is 10.0 Å². The summed E-state index contributed by atoms with van der Waals surface area (Å²) in [5.74, 6) is -0.0317. The Kier molecular flexibility index (Phi) is 3.71. The zero-order chi connectivity index (χ0) is 17.6. The lowest BCUT2D eigenvalue weighted by Crippen LogP contribution is -2.13. The molecule has 124 valence electrons. The summed E-state index contributed by atoms with van der Waals surface area (Å²) < 4.78 is 0. The van der Waals surface area contributed by atoms with E-state index in [9.17, 15) is 4.79 Å². The van der Waals surface area contributed by atoms with Gasteiger partial charge in [-0.25, -0.2) is 0 Å². The fourth-order valence-electron chi connectivity index (χ4n) is 2.71. The normalized spacial score (nSPS) is 11.1. The molecule has 2 aromatic heterocycles. The van der Waals surface area contributed by atoms with Crippen molar-refractivity contribution in [1.82, 2.24) is 15.2 Å². The minimum absolute atomic E-state index is 0.217. The van der Waals surface area contributed by atoms with Gasteiger partial charge in [0.15, 0.2) is 5.82 Å². The molecule has 4 rings (SSSR count). The molecule has 6 nitrogen and oxygen atoms in total. The number of hydrogen-bond acceptors (Lipinski definition) is 4. The molecule has 0 fully saturated rings. The first kappa shape index (κ1) is 15.7. The number of nitrogens with one attached hydrogen (secondary N) is 2. The standard InChI is InChI=1S/C17H11Cl2N5O/c18-10-4-2-5-11(19)13(10)17(25)22-12-6-1-3-8-14-9(7-21-15(8)12)16(20)24-23-14/h1-7H,(H,22,25)(H3,20,23,24). The molecule has 2 aromatic carbocycles. The van der Waals surface area contributed by atoms with Gasteiger partial charge < -0.3 is 11.1 Å². The van der Waals surface area contributed by atoms with E-state index in [2.05, 4.69) is 20.5 Å². The third-order valence-corrected chi connectivity index (χ3v) is 4.53. The van der Waals surface area contributed by atoms with Crippen LogP contribution in [0.4, 0.5) is 11.5 Å². The number of aromatic amines is 1. The molecule has 0 aliphatic heterocycles. The van der Waals surface area contributed by atoms with Gasteiger partial charge in [-0.3, -0.25) is 14.9 Å². The molecular formula is C17H11Cl2N5O. The van der Waals surface area contributed by atoms with Crippen LogP contribution in [0.1, 0.15) is 10.4 Å². The third kappa shape index (κ3) is 2.56. The Morgan fingerprint density at radius 1 is 1.08 bits per heavy atom. The molecule has 0 saturated heterocycles. The summed E-state index contributed by atoms with van der Waals surface area (Å²) >= 11 is 12.2. The lowest BCUT2D eigenvalue weighted by molar-refractivity contribution is 0.102. The number of nitrogen functional groups attached to an aromatic ring is 1. The number of carbonyl (C=O) groups is 1. The summed E-state index contributed by atoms with van der Waals surface area (Å²) in [6.07, 6.45) is 1.62. The first-order valence-electron chi connectivity index (χ1n) is 7.33. The Morgan fingerprint density at radius 3 is 2.56 bits per heavy atom. The van der Waals surface area contributed by atoms with Crippen molar-refractivity contribution in [2.45, 2.75) is 0 Å². The summed E-state index contributed by atoms with van der Waals surface area (Å²) in [5, 5.41) is 11.8. The SMILES string of the molecule is Nc1n[nH]c2c1cnc1c(NC(=O)c3c(Cl)cccc3Cl)cccc12. The highest BCUT2D eigenvalue weighted by Gasteiger charge is 2.17. The van der Waals surface area contributed by atoms with E-state index in [-0.39, 0.29) is 15.6 Å². The van der Waals surface area contributed by atoms with E-state index in [1.165, 1.54) is 0 Å². The van der Waals surface area contributed by atoms with Crippen LogP contribution in [0.5, 0.6) is 0 Å². The second-order valence-electron chi connectivity index (χ2n) is 5.41. The van der Waals surface area contributed by atoms with Crippen molar-refractivity contribution in [2.24, 2.45) is 0 Å². The minimum atomic E-state index is -0.408. The molecule has 25 heavy (non-hydrogen) atoms. The van der Waals surface area contributed by atoms with Crippen molar-refractivity contribution in [3.63, 3.8) is 0 Å².